The SMILES string of the molecule is CN(Cc1ccccc1)C(=O)[C@H](Cc1ccc2ccccc2c1)NC(=O)C1(NC(=O)c2c[nH]c3ccccc23)CCCC1. The number of nitrogens with one attached hydrogen (secondary N) is 3. The number of H-pyrrole nitrogens is 1. The van der Waals surface area contributed by atoms with Gasteiger partial charge in [0.15, 0.2) is 0 Å². The summed E-state index contributed by atoms with van der Waals surface area (Å²) in [5.74, 6) is -0.792. The molecular weight excluding hydrogens is 536 g/mol. The Morgan fingerprint density at radius 2 is 1.53 bits per heavy atom. The summed E-state index contributed by atoms with van der Waals surface area (Å²) in [6, 6.07) is 30.8. The third kappa shape index (κ3) is 6.02. The van der Waals surface area contributed by atoms with Gasteiger partial charge in [-0.15, -0.1) is 0 Å². The number of hydrogen-bond donors (Lipinski definition) is 3. The van der Waals surface area contributed by atoms with E-state index in [1.165, 1.54) is 0 Å². The lowest BCUT2D eigenvalue weighted by atomic mass is 9.93. The number of carbonyl (C=O) groups excluding carboxylic acids is 3. The first-order valence-corrected chi connectivity index (χ1v) is 14.9. The average molecular weight is 573 g/mol. The lowest BCUT2D eigenvalue weighted by Gasteiger charge is -2.32. The van der Waals surface area contributed by atoms with E-state index in [1.54, 1.807) is 18.1 Å². The number of para-hydroxylation sites is 1. The fourth-order valence-electron chi connectivity index (χ4n) is 6.23. The number of rotatable bonds is 9. The fourth-order valence-corrected chi connectivity index (χ4v) is 6.23. The van der Waals surface area contributed by atoms with Crippen molar-refractivity contribution in [2.75, 3.05) is 7.05 Å². The number of aromatic amines is 1. The lowest BCUT2D eigenvalue weighted by molar-refractivity contribution is -0.137. The number of nitrogens with zero attached hydrogens (tertiary/aromatic N) is 1. The summed E-state index contributed by atoms with van der Waals surface area (Å²) in [6.45, 7) is 0.423. The molecule has 1 saturated carbocycles. The molecule has 1 aliphatic rings. The minimum absolute atomic E-state index is 0.179. The van der Waals surface area contributed by atoms with Gasteiger partial charge in [-0.05, 0) is 40.8 Å². The van der Waals surface area contributed by atoms with Gasteiger partial charge in [0.1, 0.15) is 11.6 Å². The maximum Gasteiger partial charge on any atom is 0.254 e. The van der Waals surface area contributed by atoms with Crippen molar-refractivity contribution in [1.29, 1.82) is 0 Å². The smallest absolute Gasteiger partial charge is 0.254 e. The Morgan fingerprint density at radius 1 is 0.837 bits per heavy atom. The molecule has 43 heavy (non-hydrogen) atoms. The van der Waals surface area contributed by atoms with Crippen molar-refractivity contribution in [3.8, 4) is 0 Å². The van der Waals surface area contributed by atoms with Gasteiger partial charge in [0.2, 0.25) is 11.8 Å². The molecule has 0 saturated heterocycles. The van der Waals surface area contributed by atoms with Crippen LogP contribution in [0.2, 0.25) is 0 Å². The van der Waals surface area contributed by atoms with Crippen molar-refractivity contribution < 1.29 is 14.4 Å². The van der Waals surface area contributed by atoms with E-state index in [0.29, 0.717) is 31.4 Å². The van der Waals surface area contributed by atoms with E-state index in [0.717, 1.165) is 45.6 Å². The molecule has 1 aromatic heterocycles. The highest BCUT2D eigenvalue weighted by Gasteiger charge is 2.44. The normalized spacial score (nSPS) is 14.8. The Kier molecular flexibility index (Phi) is 7.97. The molecule has 7 heteroatoms. The molecule has 6 rings (SSSR count). The fraction of sp³-hybridized carbons (Fsp3) is 0.250. The Hall–Kier alpha value is -4.91. The van der Waals surface area contributed by atoms with Crippen LogP contribution in [0.4, 0.5) is 0 Å². The predicted octanol–water partition coefficient (Wildman–Crippen LogP) is 5.75. The molecule has 0 unspecified atom stereocenters. The molecule has 3 amide bonds. The molecule has 0 spiro atoms. The van der Waals surface area contributed by atoms with E-state index in [2.05, 4.69) is 27.8 Å². The standard InChI is InChI=1S/C36H36N4O3/c1-40(24-25-11-3-2-4-12-25)34(42)32(22-26-17-18-27-13-5-6-14-28(27)21-26)38-35(43)36(19-9-10-20-36)39-33(41)30-23-37-31-16-8-7-15-29(30)31/h2-8,11-18,21,23,32,37H,9-10,19-20,22,24H2,1H3,(H,38,43)(H,39,41)/t32-/m0/s1. The van der Waals surface area contributed by atoms with Gasteiger partial charge in [-0.25, -0.2) is 0 Å². The van der Waals surface area contributed by atoms with Gasteiger partial charge in [0.25, 0.3) is 5.91 Å². The molecule has 0 aliphatic heterocycles. The van der Waals surface area contributed by atoms with Gasteiger partial charge >= 0.3 is 0 Å². The molecule has 1 fully saturated rings. The van der Waals surface area contributed by atoms with Crippen molar-refractivity contribution in [2.24, 2.45) is 0 Å². The first-order chi connectivity index (χ1) is 20.9. The number of carbonyl (C=O) groups is 3. The number of hydrogen-bond acceptors (Lipinski definition) is 3. The molecule has 5 aromatic rings. The van der Waals surface area contributed by atoms with Crippen molar-refractivity contribution >= 4 is 39.4 Å². The summed E-state index contributed by atoms with van der Waals surface area (Å²) >= 11 is 0. The summed E-state index contributed by atoms with van der Waals surface area (Å²) in [6.07, 6.45) is 4.69. The van der Waals surface area contributed by atoms with Crippen molar-refractivity contribution in [3.63, 3.8) is 0 Å². The van der Waals surface area contributed by atoms with Crippen LogP contribution in [0.5, 0.6) is 0 Å². The Bertz CT molecular complexity index is 1770. The van der Waals surface area contributed by atoms with E-state index < -0.39 is 11.6 Å². The van der Waals surface area contributed by atoms with E-state index in [-0.39, 0.29) is 17.7 Å². The van der Waals surface area contributed by atoms with Crippen molar-refractivity contribution in [2.45, 2.75) is 50.2 Å². The van der Waals surface area contributed by atoms with E-state index in [4.69, 9.17) is 0 Å². The Balaban J connectivity index is 1.26. The van der Waals surface area contributed by atoms with E-state index >= 15 is 0 Å². The van der Waals surface area contributed by atoms with Gasteiger partial charge in [0.05, 0.1) is 5.56 Å². The zero-order valence-corrected chi connectivity index (χ0v) is 24.3. The van der Waals surface area contributed by atoms with Crippen LogP contribution in [0.3, 0.4) is 0 Å². The zero-order valence-electron chi connectivity index (χ0n) is 24.3. The molecule has 1 atom stereocenters. The van der Waals surface area contributed by atoms with Crippen LogP contribution >= 0.6 is 0 Å². The highest BCUT2D eigenvalue weighted by Crippen LogP contribution is 2.31. The minimum Gasteiger partial charge on any atom is -0.360 e. The van der Waals surface area contributed by atoms with Gasteiger partial charge in [-0.1, -0.05) is 104 Å². The molecular formula is C36H36N4O3. The second kappa shape index (κ2) is 12.1. The van der Waals surface area contributed by atoms with Gasteiger partial charge in [-0.2, -0.15) is 0 Å². The number of likely N-dealkylation sites (N-methyl/N-ethyl adjacent to an activating group) is 1. The first kappa shape index (κ1) is 28.2. The van der Waals surface area contributed by atoms with Crippen LogP contribution in [0, 0.1) is 0 Å². The molecule has 4 aromatic carbocycles. The molecule has 0 radical (unpaired) electrons. The maximum absolute atomic E-state index is 14.1. The predicted molar refractivity (Wildman–Crippen MR) is 169 cm³/mol. The van der Waals surface area contributed by atoms with E-state index in [1.807, 2.05) is 84.9 Å². The largest absolute Gasteiger partial charge is 0.360 e. The van der Waals surface area contributed by atoms with Crippen molar-refractivity contribution in [1.82, 2.24) is 20.5 Å². The highest BCUT2D eigenvalue weighted by molar-refractivity contribution is 6.08. The van der Waals surface area contributed by atoms with Crippen LogP contribution < -0.4 is 10.6 Å². The van der Waals surface area contributed by atoms with Crippen LogP contribution in [0.1, 0.15) is 47.2 Å². The number of fused-ring (bicyclic) bond motifs is 2. The molecule has 3 N–H and O–H groups in total. The third-order valence-corrected chi connectivity index (χ3v) is 8.57. The summed E-state index contributed by atoms with van der Waals surface area (Å²) in [5, 5.41) is 9.19. The summed E-state index contributed by atoms with van der Waals surface area (Å²) in [7, 11) is 1.76. The topological polar surface area (TPSA) is 94.3 Å². The molecule has 1 aliphatic carbocycles. The second-order valence-electron chi connectivity index (χ2n) is 11.6. The maximum atomic E-state index is 14.1. The number of amides is 3. The van der Waals surface area contributed by atoms with Gasteiger partial charge in [-0.3, -0.25) is 14.4 Å². The Labute approximate surface area is 251 Å². The monoisotopic (exact) mass is 572 g/mol. The van der Waals surface area contributed by atoms with Gasteiger partial charge < -0.3 is 20.5 Å². The second-order valence-corrected chi connectivity index (χ2v) is 11.6. The summed E-state index contributed by atoms with van der Waals surface area (Å²) < 4.78 is 0. The van der Waals surface area contributed by atoms with Crippen LogP contribution in [0.25, 0.3) is 21.7 Å². The number of aromatic nitrogens is 1. The zero-order chi connectivity index (χ0) is 29.8. The van der Waals surface area contributed by atoms with Crippen molar-refractivity contribution in [3.05, 3.63) is 120 Å². The van der Waals surface area contributed by atoms with Crippen LogP contribution in [-0.4, -0.2) is 46.2 Å². The Morgan fingerprint density at radius 3 is 2.33 bits per heavy atom. The molecule has 7 nitrogen and oxygen atoms in total. The quantitative estimate of drug-likeness (QED) is 0.210. The minimum atomic E-state index is -1.09. The summed E-state index contributed by atoms with van der Waals surface area (Å²) in [4.78, 5) is 46.4. The third-order valence-electron chi connectivity index (χ3n) is 8.57. The molecule has 218 valence electrons. The van der Waals surface area contributed by atoms with E-state index in [9.17, 15) is 14.4 Å². The summed E-state index contributed by atoms with van der Waals surface area (Å²) in [5.41, 5.74) is 2.23. The number of benzene rings is 4. The molecule has 1 heterocycles. The molecule has 0 bridgehead atoms. The average Bonchev–Trinajstić information content (AvgIpc) is 3.69. The highest BCUT2D eigenvalue weighted by atomic mass is 16.2. The van der Waals surface area contributed by atoms with Crippen LogP contribution in [0.15, 0.2) is 103 Å². The lowest BCUT2D eigenvalue weighted by Crippen LogP contribution is -2.61. The van der Waals surface area contributed by atoms with Crippen LogP contribution in [-0.2, 0) is 22.6 Å². The van der Waals surface area contributed by atoms with Gasteiger partial charge in [0, 0.05) is 37.1 Å². The first-order valence-electron chi connectivity index (χ1n) is 14.9.